The molecule has 3 rings (SSSR count). The number of aryl methyl sites for hydroxylation is 1. The number of benzene rings is 2. The highest BCUT2D eigenvalue weighted by Crippen LogP contribution is 2.31. The molecule has 1 heterocycles. The molecule has 2 aromatic carbocycles. The summed E-state index contributed by atoms with van der Waals surface area (Å²) in [7, 11) is 3.22. The fourth-order valence-corrected chi connectivity index (χ4v) is 3.49. The summed E-state index contributed by atoms with van der Waals surface area (Å²) in [6, 6.07) is 15.0. The van der Waals surface area contributed by atoms with E-state index in [1.165, 1.54) is 11.3 Å². The molecule has 0 spiro atoms. The summed E-state index contributed by atoms with van der Waals surface area (Å²) in [5.74, 6) is 1.90. The summed E-state index contributed by atoms with van der Waals surface area (Å²) >= 11 is 1.45. The van der Waals surface area contributed by atoms with Crippen LogP contribution in [-0.2, 0) is 4.79 Å². The number of nitrogens with zero attached hydrogens (tertiary/aromatic N) is 1. The lowest BCUT2D eigenvalue weighted by Crippen LogP contribution is -2.15. The van der Waals surface area contributed by atoms with E-state index in [9.17, 15) is 4.79 Å². The minimum Gasteiger partial charge on any atom is -0.497 e. The Balaban J connectivity index is 1.57. The Morgan fingerprint density at radius 3 is 2.43 bits per heavy atom. The second-order valence-corrected chi connectivity index (χ2v) is 7.15. The number of thiazole rings is 1. The van der Waals surface area contributed by atoms with E-state index in [-0.39, 0.29) is 18.9 Å². The fourth-order valence-electron chi connectivity index (χ4n) is 2.64. The quantitative estimate of drug-likeness (QED) is 0.603. The van der Waals surface area contributed by atoms with E-state index in [0.29, 0.717) is 16.6 Å². The summed E-state index contributed by atoms with van der Waals surface area (Å²) in [5.41, 5.74) is 1.84. The van der Waals surface area contributed by atoms with Crippen molar-refractivity contribution in [2.75, 3.05) is 26.1 Å². The fraction of sp³-hybridized carbons (Fsp3) is 0.238. The summed E-state index contributed by atoms with van der Waals surface area (Å²) < 4.78 is 16.1. The molecule has 28 heavy (non-hydrogen) atoms. The molecule has 0 atom stereocenters. The van der Waals surface area contributed by atoms with E-state index >= 15 is 0 Å². The zero-order valence-electron chi connectivity index (χ0n) is 16.0. The Morgan fingerprint density at radius 2 is 1.75 bits per heavy atom. The van der Waals surface area contributed by atoms with Crippen LogP contribution in [0, 0.1) is 6.92 Å². The normalized spacial score (nSPS) is 10.4. The zero-order chi connectivity index (χ0) is 19.9. The first-order valence-corrected chi connectivity index (χ1v) is 9.60. The molecule has 7 heteroatoms. The molecule has 1 amide bonds. The number of rotatable bonds is 8. The molecule has 6 nitrogen and oxygen atoms in total. The Morgan fingerprint density at radius 1 is 1.04 bits per heavy atom. The van der Waals surface area contributed by atoms with Crippen LogP contribution >= 0.6 is 11.3 Å². The summed E-state index contributed by atoms with van der Waals surface area (Å²) in [4.78, 5) is 17.8. The second-order valence-electron chi connectivity index (χ2n) is 5.95. The van der Waals surface area contributed by atoms with E-state index in [4.69, 9.17) is 14.2 Å². The Labute approximate surface area is 168 Å². The van der Waals surface area contributed by atoms with Gasteiger partial charge in [0.1, 0.15) is 5.75 Å². The highest BCUT2D eigenvalue weighted by molar-refractivity contribution is 7.16. The molecule has 0 radical (unpaired) electrons. The van der Waals surface area contributed by atoms with Crippen molar-refractivity contribution in [1.82, 2.24) is 4.98 Å². The molecule has 0 saturated heterocycles. The molecule has 1 N–H and O–H groups in total. The molecule has 3 aromatic rings. The Hall–Kier alpha value is -3.06. The van der Waals surface area contributed by atoms with Crippen molar-refractivity contribution >= 4 is 22.4 Å². The van der Waals surface area contributed by atoms with E-state index in [1.807, 2.05) is 55.5 Å². The number of hydrogen-bond acceptors (Lipinski definition) is 6. The molecule has 0 aliphatic carbocycles. The van der Waals surface area contributed by atoms with Crippen LogP contribution in [0.15, 0.2) is 48.5 Å². The van der Waals surface area contributed by atoms with Crippen LogP contribution < -0.4 is 19.5 Å². The van der Waals surface area contributed by atoms with Crippen LogP contribution in [-0.4, -0.2) is 31.7 Å². The van der Waals surface area contributed by atoms with Crippen molar-refractivity contribution in [3.8, 4) is 28.5 Å². The maximum atomic E-state index is 12.2. The van der Waals surface area contributed by atoms with E-state index in [2.05, 4.69) is 10.3 Å². The molecule has 0 bridgehead atoms. The van der Waals surface area contributed by atoms with Gasteiger partial charge in [0, 0.05) is 10.4 Å². The number of amides is 1. The van der Waals surface area contributed by atoms with Gasteiger partial charge < -0.3 is 19.5 Å². The Kier molecular flexibility index (Phi) is 6.49. The van der Waals surface area contributed by atoms with Gasteiger partial charge in [-0.1, -0.05) is 12.1 Å². The minimum atomic E-state index is -0.148. The Bertz CT molecular complexity index is 938. The van der Waals surface area contributed by atoms with Crippen molar-refractivity contribution < 1.29 is 19.0 Å². The molecule has 146 valence electrons. The number of ether oxygens (including phenoxy) is 3. The summed E-state index contributed by atoms with van der Waals surface area (Å²) in [6.45, 7) is 2.24. The number of anilines is 1. The topological polar surface area (TPSA) is 69.7 Å². The molecule has 0 unspecified atom stereocenters. The molecule has 0 aliphatic heterocycles. The van der Waals surface area contributed by atoms with Gasteiger partial charge in [-0.05, 0) is 43.3 Å². The van der Waals surface area contributed by atoms with Crippen molar-refractivity contribution in [2.24, 2.45) is 0 Å². The first kappa shape index (κ1) is 19.7. The van der Waals surface area contributed by atoms with Gasteiger partial charge >= 0.3 is 0 Å². The summed E-state index contributed by atoms with van der Waals surface area (Å²) in [6.07, 6.45) is 0.217. The van der Waals surface area contributed by atoms with Gasteiger partial charge in [0.2, 0.25) is 5.91 Å². The lowest BCUT2D eigenvalue weighted by Gasteiger charge is -2.09. The average Bonchev–Trinajstić information content (AvgIpc) is 3.08. The standard InChI is InChI=1S/C21H22N2O4S/c1-14-20(15-8-10-16(25-2)11-9-15)23-21(28-14)22-19(24)12-13-27-18-7-5-4-6-17(18)26-3/h4-11H,12-13H2,1-3H3,(H,22,23,24). The van der Waals surface area contributed by atoms with Crippen LogP contribution in [0.1, 0.15) is 11.3 Å². The highest BCUT2D eigenvalue weighted by Gasteiger charge is 2.13. The van der Waals surface area contributed by atoms with Gasteiger partial charge in [-0.25, -0.2) is 4.98 Å². The lowest BCUT2D eigenvalue weighted by molar-refractivity contribution is -0.116. The maximum Gasteiger partial charge on any atom is 0.229 e. The van der Waals surface area contributed by atoms with Crippen LogP contribution in [0.3, 0.4) is 0 Å². The smallest absolute Gasteiger partial charge is 0.229 e. The van der Waals surface area contributed by atoms with Crippen LogP contribution in [0.25, 0.3) is 11.3 Å². The van der Waals surface area contributed by atoms with Gasteiger partial charge in [0.25, 0.3) is 0 Å². The molecule has 0 fully saturated rings. The third-order valence-corrected chi connectivity index (χ3v) is 4.95. The second kappa shape index (κ2) is 9.23. The van der Waals surface area contributed by atoms with Gasteiger partial charge in [-0.2, -0.15) is 0 Å². The number of carbonyl (C=O) groups excluding carboxylic acids is 1. The molecular formula is C21H22N2O4S. The predicted octanol–water partition coefficient (Wildman–Crippen LogP) is 4.54. The van der Waals surface area contributed by atoms with Gasteiger partial charge in [-0.3, -0.25) is 4.79 Å². The van der Waals surface area contributed by atoms with Crippen molar-refractivity contribution in [2.45, 2.75) is 13.3 Å². The van der Waals surface area contributed by atoms with Crippen LogP contribution in [0.4, 0.5) is 5.13 Å². The van der Waals surface area contributed by atoms with Gasteiger partial charge in [-0.15, -0.1) is 11.3 Å². The third-order valence-electron chi connectivity index (χ3n) is 4.06. The average molecular weight is 398 g/mol. The first-order valence-electron chi connectivity index (χ1n) is 8.78. The van der Waals surface area contributed by atoms with Crippen LogP contribution in [0.2, 0.25) is 0 Å². The molecule has 0 saturated carbocycles. The number of para-hydroxylation sites is 2. The predicted molar refractivity (Wildman–Crippen MR) is 111 cm³/mol. The van der Waals surface area contributed by atoms with E-state index in [1.54, 1.807) is 14.2 Å². The maximum absolute atomic E-state index is 12.2. The molecule has 0 aliphatic rings. The van der Waals surface area contributed by atoms with E-state index < -0.39 is 0 Å². The third kappa shape index (κ3) is 4.80. The van der Waals surface area contributed by atoms with Crippen molar-refractivity contribution in [1.29, 1.82) is 0 Å². The number of aromatic nitrogens is 1. The minimum absolute atomic E-state index is 0.148. The van der Waals surface area contributed by atoms with E-state index in [0.717, 1.165) is 21.9 Å². The highest BCUT2D eigenvalue weighted by atomic mass is 32.1. The zero-order valence-corrected chi connectivity index (χ0v) is 16.8. The van der Waals surface area contributed by atoms with Gasteiger partial charge in [0.15, 0.2) is 16.6 Å². The monoisotopic (exact) mass is 398 g/mol. The number of nitrogens with one attached hydrogen (secondary N) is 1. The summed E-state index contributed by atoms with van der Waals surface area (Å²) in [5, 5.41) is 3.42. The van der Waals surface area contributed by atoms with Crippen molar-refractivity contribution in [3.05, 3.63) is 53.4 Å². The van der Waals surface area contributed by atoms with Crippen LogP contribution in [0.5, 0.6) is 17.2 Å². The van der Waals surface area contributed by atoms with Gasteiger partial charge in [0.05, 0.1) is 32.9 Å². The lowest BCUT2D eigenvalue weighted by atomic mass is 10.1. The number of hydrogen-bond donors (Lipinski definition) is 1. The van der Waals surface area contributed by atoms with Crippen molar-refractivity contribution in [3.63, 3.8) is 0 Å². The number of carbonyl (C=O) groups is 1. The molecule has 1 aromatic heterocycles. The SMILES string of the molecule is COc1ccc(-c2nc(NC(=O)CCOc3ccccc3OC)sc2C)cc1. The number of methoxy groups -OCH3 is 2. The molecular weight excluding hydrogens is 376 g/mol. The first-order chi connectivity index (χ1) is 13.6. The largest absolute Gasteiger partial charge is 0.497 e.